The molecule has 1 rings (SSSR count). The molecule has 0 aliphatic heterocycles. The SMILES string of the molecule is CCOC(=O)[C@@H](C)NC(=O)/C=C/c1ccccc1. The fourth-order valence-electron chi connectivity index (χ4n) is 1.32. The number of carbonyl (C=O) groups is 2. The summed E-state index contributed by atoms with van der Waals surface area (Å²) in [6.07, 6.45) is 3.08. The third kappa shape index (κ3) is 4.82. The molecule has 0 saturated carbocycles. The Morgan fingerprint density at radius 2 is 2.00 bits per heavy atom. The predicted molar refractivity (Wildman–Crippen MR) is 69.7 cm³/mol. The zero-order valence-electron chi connectivity index (χ0n) is 10.6. The number of benzene rings is 1. The van der Waals surface area contributed by atoms with E-state index in [0.29, 0.717) is 6.61 Å². The lowest BCUT2D eigenvalue weighted by atomic mass is 10.2. The van der Waals surface area contributed by atoms with Crippen molar-refractivity contribution in [2.45, 2.75) is 19.9 Å². The van der Waals surface area contributed by atoms with Gasteiger partial charge in [0, 0.05) is 6.08 Å². The number of carbonyl (C=O) groups excluding carboxylic acids is 2. The summed E-state index contributed by atoms with van der Waals surface area (Å²) in [5.74, 6) is -0.752. The Morgan fingerprint density at radius 3 is 2.61 bits per heavy atom. The Morgan fingerprint density at radius 1 is 1.33 bits per heavy atom. The van der Waals surface area contributed by atoms with E-state index in [2.05, 4.69) is 5.32 Å². The van der Waals surface area contributed by atoms with Crippen molar-refractivity contribution in [3.05, 3.63) is 42.0 Å². The average molecular weight is 247 g/mol. The topological polar surface area (TPSA) is 55.4 Å². The molecular weight excluding hydrogens is 230 g/mol. The molecule has 1 aromatic carbocycles. The van der Waals surface area contributed by atoms with Gasteiger partial charge in [-0.1, -0.05) is 30.3 Å². The first-order valence-electron chi connectivity index (χ1n) is 5.83. The Kier molecular flexibility index (Phi) is 5.64. The molecule has 1 atom stereocenters. The molecule has 0 heterocycles. The van der Waals surface area contributed by atoms with Gasteiger partial charge < -0.3 is 10.1 Å². The molecule has 0 unspecified atom stereocenters. The second-order valence-corrected chi connectivity index (χ2v) is 3.73. The van der Waals surface area contributed by atoms with Crippen molar-refractivity contribution in [1.29, 1.82) is 0 Å². The smallest absolute Gasteiger partial charge is 0.328 e. The second-order valence-electron chi connectivity index (χ2n) is 3.73. The molecule has 0 saturated heterocycles. The van der Waals surface area contributed by atoms with Crippen LogP contribution >= 0.6 is 0 Å². The standard InChI is InChI=1S/C14H17NO3/c1-3-18-14(17)11(2)15-13(16)10-9-12-7-5-4-6-8-12/h4-11H,3H2,1-2H3,(H,15,16)/b10-9+/t11-/m1/s1. The van der Waals surface area contributed by atoms with Crippen molar-refractivity contribution in [1.82, 2.24) is 5.32 Å². The quantitative estimate of drug-likeness (QED) is 0.637. The van der Waals surface area contributed by atoms with Crippen LogP contribution in [0.1, 0.15) is 19.4 Å². The van der Waals surface area contributed by atoms with Crippen LogP contribution in [0.15, 0.2) is 36.4 Å². The van der Waals surface area contributed by atoms with Crippen LogP contribution < -0.4 is 5.32 Å². The summed E-state index contributed by atoms with van der Waals surface area (Å²) < 4.78 is 4.79. The van der Waals surface area contributed by atoms with Crippen molar-refractivity contribution in [2.24, 2.45) is 0 Å². The van der Waals surface area contributed by atoms with E-state index in [1.165, 1.54) is 6.08 Å². The molecule has 0 aromatic heterocycles. The Hall–Kier alpha value is -2.10. The minimum absolute atomic E-state index is 0.304. The highest BCUT2D eigenvalue weighted by Gasteiger charge is 2.14. The van der Waals surface area contributed by atoms with Gasteiger partial charge in [-0.3, -0.25) is 4.79 Å². The number of hydrogen-bond acceptors (Lipinski definition) is 3. The fourth-order valence-corrected chi connectivity index (χ4v) is 1.32. The van der Waals surface area contributed by atoms with E-state index < -0.39 is 12.0 Å². The summed E-state index contributed by atoms with van der Waals surface area (Å²) in [7, 11) is 0. The summed E-state index contributed by atoms with van der Waals surface area (Å²) in [5.41, 5.74) is 0.927. The number of nitrogens with one attached hydrogen (secondary N) is 1. The lowest BCUT2D eigenvalue weighted by Gasteiger charge is -2.10. The van der Waals surface area contributed by atoms with Crippen LogP contribution in [0.5, 0.6) is 0 Å². The van der Waals surface area contributed by atoms with Crippen LogP contribution in [-0.2, 0) is 14.3 Å². The van der Waals surface area contributed by atoms with Gasteiger partial charge in [0.25, 0.3) is 0 Å². The van der Waals surface area contributed by atoms with Gasteiger partial charge in [0.05, 0.1) is 6.61 Å². The van der Waals surface area contributed by atoms with Gasteiger partial charge in [0.15, 0.2) is 0 Å². The maximum absolute atomic E-state index is 11.5. The highest BCUT2D eigenvalue weighted by molar-refractivity contribution is 5.94. The Labute approximate surface area is 107 Å². The number of esters is 1. The molecule has 1 aromatic rings. The van der Waals surface area contributed by atoms with Crippen molar-refractivity contribution >= 4 is 18.0 Å². The predicted octanol–water partition coefficient (Wildman–Crippen LogP) is 1.77. The Bertz CT molecular complexity index is 426. The molecule has 0 aliphatic rings. The van der Waals surface area contributed by atoms with E-state index in [9.17, 15) is 9.59 Å². The highest BCUT2D eigenvalue weighted by Crippen LogP contribution is 2.00. The summed E-state index contributed by atoms with van der Waals surface area (Å²) in [6, 6.07) is 8.81. The molecule has 0 spiro atoms. The van der Waals surface area contributed by atoms with Crippen molar-refractivity contribution < 1.29 is 14.3 Å². The third-order valence-corrected chi connectivity index (χ3v) is 2.23. The summed E-state index contributed by atoms with van der Waals surface area (Å²) in [6.45, 7) is 3.62. The molecular formula is C14H17NO3. The number of ether oxygens (including phenoxy) is 1. The summed E-state index contributed by atoms with van der Waals surface area (Å²) in [5, 5.41) is 2.53. The number of hydrogen-bond donors (Lipinski definition) is 1. The Balaban J connectivity index is 2.47. The lowest BCUT2D eigenvalue weighted by Crippen LogP contribution is -2.38. The zero-order chi connectivity index (χ0) is 13.4. The van der Waals surface area contributed by atoms with Gasteiger partial charge >= 0.3 is 5.97 Å². The van der Waals surface area contributed by atoms with Gasteiger partial charge in [-0.15, -0.1) is 0 Å². The lowest BCUT2D eigenvalue weighted by molar-refractivity contribution is -0.146. The van der Waals surface area contributed by atoms with Crippen LogP contribution in [0.2, 0.25) is 0 Å². The molecule has 0 bridgehead atoms. The van der Waals surface area contributed by atoms with Crippen LogP contribution in [-0.4, -0.2) is 24.5 Å². The molecule has 4 heteroatoms. The second kappa shape index (κ2) is 7.27. The molecule has 0 radical (unpaired) electrons. The van der Waals surface area contributed by atoms with Gasteiger partial charge in [-0.05, 0) is 25.5 Å². The molecule has 0 fully saturated rings. The van der Waals surface area contributed by atoms with Crippen molar-refractivity contribution in [2.75, 3.05) is 6.61 Å². The van der Waals surface area contributed by atoms with Gasteiger partial charge in [-0.2, -0.15) is 0 Å². The zero-order valence-corrected chi connectivity index (χ0v) is 10.6. The van der Waals surface area contributed by atoms with E-state index in [4.69, 9.17) is 4.74 Å². The van der Waals surface area contributed by atoms with Gasteiger partial charge in [-0.25, -0.2) is 4.79 Å². The monoisotopic (exact) mass is 247 g/mol. The molecule has 96 valence electrons. The molecule has 4 nitrogen and oxygen atoms in total. The molecule has 18 heavy (non-hydrogen) atoms. The first-order chi connectivity index (χ1) is 8.63. The molecule has 0 aliphatic carbocycles. The van der Waals surface area contributed by atoms with Crippen LogP contribution in [0.25, 0.3) is 6.08 Å². The average Bonchev–Trinajstić information content (AvgIpc) is 2.38. The van der Waals surface area contributed by atoms with Gasteiger partial charge in [0.1, 0.15) is 6.04 Å². The number of amides is 1. The van der Waals surface area contributed by atoms with E-state index in [0.717, 1.165) is 5.56 Å². The van der Waals surface area contributed by atoms with Crippen molar-refractivity contribution in [3.63, 3.8) is 0 Å². The fraction of sp³-hybridized carbons (Fsp3) is 0.286. The third-order valence-electron chi connectivity index (χ3n) is 2.23. The van der Waals surface area contributed by atoms with Crippen LogP contribution in [0, 0.1) is 0 Å². The minimum Gasteiger partial charge on any atom is -0.464 e. The van der Waals surface area contributed by atoms with Crippen molar-refractivity contribution in [3.8, 4) is 0 Å². The largest absolute Gasteiger partial charge is 0.464 e. The summed E-state index contributed by atoms with van der Waals surface area (Å²) >= 11 is 0. The maximum Gasteiger partial charge on any atom is 0.328 e. The first kappa shape index (κ1) is 14.0. The van der Waals surface area contributed by atoms with Crippen LogP contribution in [0.3, 0.4) is 0 Å². The molecule has 1 amide bonds. The van der Waals surface area contributed by atoms with E-state index >= 15 is 0 Å². The van der Waals surface area contributed by atoms with E-state index in [1.54, 1.807) is 19.9 Å². The number of rotatable bonds is 5. The minimum atomic E-state index is -0.641. The van der Waals surface area contributed by atoms with Gasteiger partial charge in [0.2, 0.25) is 5.91 Å². The molecule has 1 N–H and O–H groups in total. The highest BCUT2D eigenvalue weighted by atomic mass is 16.5. The first-order valence-corrected chi connectivity index (χ1v) is 5.83. The van der Waals surface area contributed by atoms with Crippen LogP contribution in [0.4, 0.5) is 0 Å². The summed E-state index contributed by atoms with van der Waals surface area (Å²) in [4.78, 5) is 22.8. The van der Waals surface area contributed by atoms with E-state index in [1.807, 2.05) is 30.3 Å². The maximum atomic E-state index is 11.5. The normalized spacial score (nSPS) is 12.1. The van der Waals surface area contributed by atoms with E-state index in [-0.39, 0.29) is 5.91 Å².